The van der Waals surface area contributed by atoms with Crippen molar-refractivity contribution in [1.82, 2.24) is 9.80 Å². The van der Waals surface area contributed by atoms with E-state index in [4.69, 9.17) is 5.73 Å². The second kappa shape index (κ2) is 10.1. The summed E-state index contributed by atoms with van der Waals surface area (Å²) < 4.78 is 0. The van der Waals surface area contributed by atoms with Crippen LogP contribution in [0.4, 0.5) is 0 Å². The minimum Gasteiger partial charge on any atom is -0.395 e. The van der Waals surface area contributed by atoms with Crippen molar-refractivity contribution in [1.29, 1.82) is 0 Å². The number of nitrogens with two attached hydrogens (primary N) is 1. The number of piperidine rings is 1. The van der Waals surface area contributed by atoms with Gasteiger partial charge in [0.05, 0.1) is 6.61 Å². The van der Waals surface area contributed by atoms with Gasteiger partial charge in [0.25, 0.3) is 0 Å². The van der Waals surface area contributed by atoms with Crippen LogP contribution < -0.4 is 5.73 Å². The minimum atomic E-state index is 0.0608. The van der Waals surface area contributed by atoms with E-state index in [1.807, 2.05) is 4.90 Å². The Bertz CT molecular complexity index is 266. The highest BCUT2D eigenvalue weighted by molar-refractivity contribution is 5.76. The number of rotatable bonds is 9. The second-order valence-corrected chi connectivity index (χ2v) is 5.80. The van der Waals surface area contributed by atoms with Gasteiger partial charge in [-0.1, -0.05) is 12.8 Å². The van der Waals surface area contributed by atoms with Crippen LogP contribution in [0.25, 0.3) is 0 Å². The summed E-state index contributed by atoms with van der Waals surface area (Å²) in [5.74, 6) is 0.210. The van der Waals surface area contributed by atoms with Gasteiger partial charge < -0.3 is 20.6 Å². The van der Waals surface area contributed by atoms with Gasteiger partial charge in [0.2, 0.25) is 5.91 Å². The van der Waals surface area contributed by atoms with Crippen LogP contribution in [0, 0.1) is 0 Å². The molecule has 1 amide bonds. The lowest BCUT2D eigenvalue weighted by molar-refractivity contribution is -0.135. The molecule has 1 rings (SSSR count). The zero-order valence-electron chi connectivity index (χ0n) is 12.9. The number of hydrogen-bond donors (Lipinski definition) is 2. The van der Waals surface area contributed by atoms with Gasteiger partial charge in [-0.05, 0) is 52.4 Å². The van der Waals surface area contributed by atoms with E-state index in [2.05, 4.69) is 11.9 Å². The Hall–Kier alpha value is -0.650. The minimum absolute atomic E-state index is 0.0608. The van der Waals surface area contributed by atoms with Crippen molar-refractivity contribution in [3.05, 3.63) is 0 Å². The van der Waals surface area contributed by atoms with Gasteiger partial charge >= 0.3 is 0 Å². The van der Waals surface area contributed by atoms with Crippen LogP contribution in [0.15, 0.2) is 0 Å². The summed E-state index contributed by atoms with van der Waals surface area (Å²) in [6.07, 6.45) is 6.82. The number of unbranched alkanes of at least 4 members (excludes halogenated alkanes) is 3. The molecule has 0 aromatic heterocycles. The molecule has 118 valence electrons. The van der Waals surface area contributed by atoms with E-state index < -0.39 is 0 Å². The van der Waals surface area contributed by atoms with Crippen LogP contribution in [0.2, 0.25) is 0 Å². The highest BCUT2D eigenvalue weighted by atomic mass is 16.3. The van der Waals surface area contributed by atoms with E-state index in [0.717, 1.165) is 58.2 Å². The molecule has 0 atom stereocenters. The van der Waals surface area contributed by atoms with Crippen molar-refractivity contribution < 1.29 is 9.90 Å². The number of aliphatic hydroxyl groups excluding tert-OH is 1. The first kappa shape index (κ1) is 17.4. The largest absolute Gasteiger partial charge is 0.395 e. The summed E-state index contributed by atoms with van der Waals surface area (Å²) in [7, 11) is 2.12. The lowest BCUT2D eigenvalue weighted by Gasteiger charge is -2.37. The van der Waals surface area contributed by atoms with E-state index >= 15 is 0 Å². The van der Waals surface area contributed by atoms with E-state index in [1.165, 1.54) is 0 Å². The second-order valence-electron chi connectivity index (χ2n) is 5.80. The third-order valence-corrected chi connectivity index (χ3v) is 4.13. The van der Waals surface area contributed by atoms with Crippen molar-refractivity contribution in [2.45, 2.75) is 51.0 Å². The summed E-state index contributed by atoms with van der Waals surface area (Å²) in [6.45, 7) is 3.36. The standard InChI is InChI=1S/C15H31N3O2/c1-17-10-7-14(8-11-17)18(12-13-19)15(20)6-4-2-3-5-9-16/h14,19H,2-13,16H2,1H3. The number of nitrogens with zero attached hydrogens (tertiary/aromatic N) is 2. The summed E-state index contributed by atoms with van der Waals surface area (Å²) in [4.78, 5) is 16.5. The van der Waals surface area contributed by atoms with Gasteiger partial charge in [-0.25, -0.2) is 0 Å². The lowest BCUT2D eigenvalue weighted by Crippen LogP contribution is -2.47. The molecule has 1 heterocycles. The topological polar surface area (TPSA) is 69.8 Å². The van der Waals surface area contributed by atoms with Crippen LogP contribution in [0.5, 0.6) is 0 Å². The van der Waals surface area contributed by atoms with E-state index in [-0.39, 0.29) is 12.5 Å². The average Bonchev–Trinajstić information content (AvgIpc) is 2.45. The van der Waals surface area contributed by atoms with Gasteiger partial charge in [0.1, 0.15) is 0 Å². The first-order chi connectivity index (χ1) is 9.69. The monoisotopic (exact) mass is 285 g/mol. The van der Waals surface area contributed by atoms with Crippen LogP contribution in [0.3, 0.4) is 0 Å². The Morgan fingerprint density at radius 1 is 1.25 bits per heavy atom. The Balaban J connectivity index is 2.34. The average molecular weight is 285 g/mol. The molecule has 3 N–H and O–H groups in total. The first-order valence-corrected chi connectivity index (χ1v) is 7.98. The van der Waals surface area contributed by atoms with Crippen molar-refractivity contribution in [2.24, 2.45) is 5.73 Å². The molecule has 0 saturated carbocycles. The molecule has 1 saturated heterocycles. The Morgan fingerprint density at radius 2 is 1.90 bits per heavy atom. The highest BCUT2D eigenvalue weighted by Crippen LogP contribution is 2.17. The number of likely N-dealkylation sites (tertiary alicyclic amines) is 1. The molecule has 1 aliphatic rings. The van der Waals surface area contributed by atoms with E-state index in [9.17, 15) is 9.90 Å². The van der Waals surface area contributed by atoms with E-state index in [1.54, 1.807) is 0 Å². The van der Waals surface area contributed by atoms with Crippen molar-refractivity contribution in [3.8, 4) is 0 Å². The predicted molar refractivity (Wildman–Crippen MR) is 81.5 cm³/mol. The number of aliphatic hydroxyl groups is 1. The summed E-state index contributed by atoms with van der Waals surface area (Å²) in [5.41, 5.74) is 5.46. The number of hydrogen-bond acceptors (Lipinski definition) is 4. The maximum absolute atomic E-state index is 12.3. The zero-order chi connectivity index (χ0) is 14.8. The fourth-order valence-electron chi connectivity index (χ4n) is 2.84. The van der Waals surface area contributed by atoms with Crippen LogP contribution in [-0.4, -0.2) is 66.7 Å². The molecule has 0 unspecified atom stereocenters. The quantitative estimate of drug-likeness (QED) is 0.615. The van der Waals surface area contributed by atoms with Gasteiger partial charge in [-0.15, -0.1) is 0 Å². The third kappa shape index (κ3) is 6.20. The summed E-state index contributed by atoms with van der Waals surface area (Å²) >= 11 is 0. The Labute approximate surface area is 123 Å². The van der Waals surface area contributed by atoms with Crippen LogP contribution in [-0.2, 0) is 4.79 Å². The lowest BCUT2D eigenvalue weighted by atomic mass is 10.0. The molecule has 0 aromatic carbocycles. The number of carbonyl (C=O) groups excluding carboxylic acids is 1. The van der Waals surface area contributed by atoms with Gasteiger partial charge in [-0.2, -0.15) is 0 Å². The van der Waals surface area contributed by atoms with Gasteiger partial charge in [0, 0.05) is 19.0 Å². The third-order valence-electron chi connectivity index (χ3n) is 4.13. The number of amides is 1. The maximum atomic E-state index is 12.3. The first-order valence-electron chi connectivity index (χ1n) is 7.98. The van der Waals surface area contributed by atoms with Gasteiger partial charge in [0.15, 0.2) is 0 Å². The molecule has 1 fully saturated rings. The fourth-order valence-corrected chi connectivity index (χ4v) is 2.84. The maximum Gasteiger partial charge on any atom is 0.222 e. The predicted octanol–water partition coefficient (Wildman–Crippen LogP) is 0.811. The zero-order valence-corrected chi connectivity index (χ0v) is 12.9. The molecule has 0 aromatic rings. The Morgan fingerprint density at radius 3 is 2.50 bits per heavy atom. The highest BCUT2D eigenvalue weighted by Gasteiger charge is 2.25. The molecule has 0 spiro atoms. The molecule has 0 aliphatic carbocycles. The summed E-state index contributed by atoms with van der Waals surface area (Å²) in [6, 6.07) is 0.315. The Kier molecular flexibility index (Phi) is 8.82. The van der Waals surface area contributed by atoms with Crippen molar-refractivity contribution in [3.63, 3.8) is 0 Å². The summed E-state index contributed by atoms with van der Waals surface area (Å²) in [5, 5.41) is 9.19. The molecule has 0 radical (unpaired) electrons. The van der Waals surface area contributed by atoms with Crippen molar-refractivity contribution in [2.75, 3.05) is 39.8 Å². The molecule has 20 heavy (non-hydrogen) atoms. The van der Waals surface area contributed by atoms with Crippen LogP contribution >= 0.6 is 0 Å². The normalized spacial score (nSPS) is 17.4. The molecule has 0 bridgehead atoms. The van der Waals surface area contributed by atoms with Crippen molar-refractivity contribution >= 4 is 5.91 Å². The van der Waals surface area contributed by atoms with Crippen LogP contribution in [0.1, 0.15) is 44.9 Å². The van der Waals surface area contributed by atoms with E-state index in [0.29, 0.717) is 19.0 Å². The smallest absolute Gasteiger partial charge is 0.222 e. The molecular formula is C15H31N3O2. The molecule has 1 aliphatic heterocycles. The van der Waals surface area contributed by atoms with Gasteiger partial charge in [-0.3, -0.25) is 4.79 Å². The number of carbonyl (C=O) groups is 1. The molecule has 5 nitrogen and oxygen atoms in total. The molecule has 5 heteroatoms. The SMILES string of the molecule is CN1CCC(N(CCO)C(=O)CCCCCCN)CC1. The fraction of sp³-hybridized carbons (Fsp3) is 0.933. The molecular weight excluding hydrogens is 254 g/mol.